The summed E-state index contributed by atoms with van der Waals surface area (Å²) in [5, 5.41) is 3.05. The molecule has 0 heterocycles. The number of hydrogen-bond donors (Lipinski definition) is 1. The first-order chi connectivity index (χ1) is 14.8. The molecular weight excluding hydrogens is 426 g/mol. The molecule has 0 bridgehead atoms. The van der Waals surface area contributed by atoms with Crippen LogP contribution in [-0.4, -0.2) is 46.4 Å². The average Bonchev–Trinajstić information content (AvgIpc) is 2.76. The van der Waals surface area contributed by atoms with Crippen LogP contribution in [0.25, 0.3) is 6.08 Å². The van der Waals surface area contributed by atoms with Gasteiger partial charge in [-0.1, -0.05) is 11.6 Å². The van der Waals surface area contributed by atoms with Crippen molar-refractivity contribution in [3.8, 4) is 23.0 Å². The Morgan fingerprint density at radius 2 is 1.52 bits per heavy atom. The number of rotatable bonds is 9. The Kier molecular flexibility index (Phi) is 8.57. The molecule has 0 aliphatic heterocycles. The van der Waals surface area contributed by atoms with Crippen LogP contribution >= 0.6 is 11.6 Å². The van der Waals surface area contributed by atoms with E-state index >= 15 is 0 Å². The molecule has 0 radical (unpaired) electrons. The largest absolute Gasteiger partial charge is 0.496 e. The van der Waals surface area contributed by atoms with Crippen molar-refractivity contribution in [3.63, 3.8) is 0 Å². The van der Waals surface area contributed by atoms with Gasteiger partial charge in [-0.15, -0.1) is 0 Å². The minimum atomic E-state index is -1.06. The maximum atomic E-state index is 12.4. The van der Waals surface area contributed by atoms with Crippen molar-refractivity contribution in [2.24, 2.45) is 0 Å². The van der Waals surface area contributed by atoms with E-state index < -0.39 is 18.0 Å². The van der Waals surface area contributed by atoms with Crippen LogP contribution in [0.15, 0.2) is 36.4 Å². The molecule has 2 aromatic rings. The second-order valence-corrected chi connectivity index (χ2v) is 6.63. The smallest absolute Gasteiger partial charge is 0.331 e. The fourth-order valence-electron chi connectivity index (χ4n) is 2.62. The van der Waals surface area contributed by atoms with Gasteiger partial charge in [-0.05, 0) is 37.3 Å². The predicted molar refractivity (Wildman–Crippen MR) is 117 cm³/mol. The zero-order valence-electron chi connectivity index (χ0n) is 17.9. The van der Waals surface area contributed by atoms with Gasteiger partial charge in [0.25, 0.3) is 5.91 Å². The summed E-state index contributed by atoms with van der Waals surface area (Å²) in [5.41, 5.74) is 0.936. The summed E-state index contributed by atoms with van der Waals surface area (Å²) in [6.45, 7) is 1.45. The van der Waals surface area contributed by atoms with E-state index in [1.54, 1.807) is 24.3 Å². The summed E-state index contributed by atoms with van der Waals surface area (Å²) < 4.78 is 26.2. The first-order valence-corrected chi connectivity index (χ1v) is 9.53. The molecule has 1 N–H and O–H groups in total. The van der Waals surface area contributed by atoms with E-state index in [2.05, 4.69) is 5.32 Å². The Bertz CT molecular complexity index is 975. The highest BCUT2D eigenvalue weighted by Gasteiger charge is 2.19. The van der Waals surface area contributed by atoms with E-state index in [4.69, 9.17) is 35.3 Å². The monoisotopic (exact) mass is 449 g/mol. The molecule has 0 aromatic heterocycles. The SMILES string of the molecule is COc1cc(OC)c(OC)cc1/C=C/C(=O)OC(C)C(=O)Nc1cc(Cl)ccc1OC. The van der Waals surface area contributed by atoms with E-state index in [0.29, 0.717) is 39.3 Å². The minimum absolute atomic E-state index is 0.369. The van der Waals surface area contributed by atoms with Gasteiger partial charge in [0.05, 0.1) is 34.1 Å². The number of methoxy groups -OCH3 is 4. The van der Waals surface area contributed by atoms with Crippen molar-refractivity contribution < 1.29 is 33.3 Å². The molecule has 1 unspecified atom stereocenters. The van der Waals surface area contributed by atoms with Crippen LogP contribution in [-0.2, 0) is 14.3 Å². The van der Waals surface area contributed by atoms with Gasteiger partial charge in [-0.25, -0.2) is 4.79 Å². The summed E-state index contributed by atoms with van der Waals surface area (Å²) in [6, 6.07) is 8.08. The molecule has 2 rings (SSSR count). The van der Waals surface area contributed by atoms with E-state index in [1.165, 1.54) is 53.6 Å². The molecule has 0 aliphatic carbocycles. The Morgan fingerprint density at radius 1 is 0.903 bits per heavy atom. The Labute approximate surface area is 185 Å². The van der Waals surface area contributed by atoms with Gasteiger partial charge in [0.2, 0.25) is 0 Å². The third-order valence-electron chi connectivity index (χ3n) is 4.22. The number of halogens is 1. The van der Waals surface area contributed by atoms with Crippen LogP contribution in [0.4, 0.5) is 5.69 Å². The van der Waals surface area contributed by atoms with E-state index in [9.17, 15) is 9.59 Å². The average molecular weight is 450 g/mol. The standard InChI is InChI=1S/C22H24ClNO7/c1-13(22(26)24-16-11-15(23)7-8-17(16)27-2)31-21(25)9-6-14-10-19(29-4)20(30-5)12-18(14)28-3/h6-13H,1-5H3,(H,24,26)/b9-6+. The number of carbonyl (C=O) groups is 2. The van der Waals surface area contributed by atoms with E-state index in [1.807, 2.05) is 0 Å². The number of hydrogen-bond acceptors (Lipinski definition) is 7. The van der Waals surface area contributed by atoms with Gasteiger partial charge in [0, 0.05) is 22.7 Å². The third-order valence-corrected chi connectivity index (χ3v) is 4.45. The second kappa shape index (κ2) is 11.1. The molecule has 9 heteroatoms. The summed E-state index contributed by atoms with van der Waals surface area (Å²) in [7, 11) is 5.97. The molecule has 0 aliphatic rings. The van der Waals surface area contributed by atoms with Crippen LogP contribution in [0, 0.1) is 0 Å². The van der Waals surface area contributed by atoms with Gasteiger partial charge in [0.1, 0.15) is 11.5 Å². The third kappa shape index (κ3) is 6.29. The number of amides is 1. The van der Waals surface area contributed by atoms with Crippen molar-refractivity contribution in [2.75, 3.05) is 33.8 Å². The normalized spacial score (nSPS) is 11.5. The highest BCUT2D eigenvalue weighted by Crippen LogP contribution is 2.35. The maximum absolute atomic E-state index is 12.4. The molecule has 166 valence electrons. The van der Waals surface area contributed by atoms with Gasteiger partial charge >= 0.3 is 5.97 Å². The number of benzene rings is 2. The lowest BCUT2D eigenvalue weighted by Crippen LogP contribution is -2.29. The van der Waals surface area contributed by atoms with E-state index in [-0.39, 0.29) is 0 Å². The fraction of sp³-hybridized carbons (Fsp3) is 0.273. The van der Waals surface area contributed by atoms with Gasteiger partial charge < -0.3 is 29.0 Å². The first kappa shape index (κ1) is 23.9. The summed E-state index contributed by atoms with van der Waals surface area (Å²) in [5.74, 6) is 0.612. The van der Waals surface area contributed by atoms with Crippen molar-refractivity contribution in [3.05, 3.63) is 47.0 Å². The summed E-state index contributed by atoms with van der Waals surface area (Å²) in [4.78, 5) is 24.6. The van der Waals surface area contributed by atoms with Crippen LogP contribution in [0.5, 0.6) is 23.0 Å². The molecular formula is C22H24ClNO7. The quantitative estimate of drug-likeness (QED) is 0.457. The van der Waals surface area contributed by atoms with Gasteiger partial charge in [-0.2, -0.15) is 0 Å². The van der Waals surface area contributed by atoms with Gasteiger partial charge in [-0.3, -0.25) is 4.79 Å². The first-order valence-electron chi connectivity index (χ1n) is 9.16. The lowest BCUT2D eigenvalue weighted by atomic mass is 10.1. The number of ether oxygens (including phenoxy) is 5. The fourth-order valence-corrected chi connectivity index (χ4v) is 2.79. The molecule has 0 spiro atoms. The molecule has 2 aromatic carbocycles. The number of anilines is 1. The molecule has 0 saturated heterocycles. The number of esters is 1. The van der Waals surface area contributed by atoms with Crippen LogP contribution in [0.3, 0.4) is 0 Å². The number of nitrogens with one attached hydrogen (secondary N) is 1. The molecule has 8 nitrogen and oxygen atoms in total. The van der Waals surface area contributed by atoms with Crippen LogP contribution in [0.1, 0.15) is 12.5 Å². The Morgan fingerprint density at radius 3 is 2.13 bits per heavy atom. The van der Waals surface area contributed by atoms with Crippen molar-refractivity contribution in [1.29, 1.82) is 0 Å². The van der Waals surface area contributed by atoms with Crippen molar-refractivity contribution in [1.82, 2.24) is 0 Å². The minimum Gasteiger partial charge on any atom is -0.496 e. The van der Waals surface area contributed by atoms with Crippen LogP contribution < -0.4 is 24.3 Å². The summed E-state index contributed by atoms with van der Waals surface area (Å²) in [6.07, 6.45) is 1.62. The lowest BCUT2D eigenvalue weighted by Gasteiger charge is -2.15. The zero-order chi connectivity index (χ0) is 23.0. The Balaban J connectivity index is 2.07. The highest BCUT2D eigenvalue weighted by atomic mass is 35.5. The molecule has 1 amide bonds. The highest BCUT2D eigenvalue weighted by molar-refractivity contribution is 6.31. The zero-order valence-corrected chi connectivity index (χ0v) is 18.6. The second-order valence-electron chi connectivity index (χ2n) is 6.20. The van der Waals surface area contributed by atoms with Crippen molar-refractivity contribution >= 4 is 35.2 Å². The molecule has 31 heavy (non-hydrogen) atoms. The molecule has 1 atom stereocenters. The predicted octanol–water partition coefficient (Wildman–Crippen LogP) is 3.96. The number of carbonyl (C=O) groups excluding carboxylic acids is 2. The maximum Gasteiger partial charge on any atom is 0.331 e. The molecule has 0 fully saturated rings. The summed E-state index contributed by atoms with van der Waals surface area (Å²) >= 11 is 5.96. The van der Waals surface area contributed by atoms with Gasteiger partial charge in [0.15, 0.2) is 17.6 Å². The van der Waals surface area contributed by atoms with Crippen molar-refractivity contribution in [2.45, 2.75) is 13.0 Å². The topological polar surface area (TPSA) is 92.3 Å². The lowest BCUT2D eigenvalue weighted by molar-refractivity contribution is -0.148. The molecule has 0 saturated carbocycles. The van der Waals surface area contributed by atoms with Crippen LogP contribution in [0.2, 0.25) is 5.02 Å². The van der Waals surface area contributed by atoms with E-state index in [0.717, 1.165) is 0 Å². The Hall–Kier alpha value is -3.39.